The predicted molar refractivity (Wildman–Crippen MR) is 90.5 cm³/mol. The van der Waals surface area contributed by atoms with E-state index in [0.29, 0.717) is 30.0 Å². The van der Waals surface area contributed by atoms with Crippen molar-refractivity contribution in [3.63, 3.8) is 0 Å². The van der Waals surface area contributed by atoms with Crippen LogP contribution in [0.3, 0.4) is 0 Å². The number of thioether (sulfide) groups is 1. The second-order valence-electron chi connectivity index (χ2n) is 5.72. The van der Waals surface area contributed by atoms with E-state index in [9.17, 15) is 14.7 Å². The number of carbonyl (C=O) groups excluding carboxylic acids is 1. The zero-order chi connectivity index (χ0) is 17.2. The van der Waals surface area contributed by atoms with Crippen molar-refractivity contribution in [1.82, 2.24) is 20.3 Å². The molecule has 2 aromatic rings. The number of para-hydroxylation sites is 1. The standard InChI is InChI=1S/C16H18N4O3S/c1-11-13(18-19-20(11)12-5-3-2-4-6-12)14(21)17-16(15(22)23)7-9-24-10-8-16/h2-6H,7-10H2,1H3,(H,17,21)(H,22,23). The Balaban J connectivity index is 1.85. The number of carboxylic acid groups (broad SMARTS) is 1. The Kier molecular flexibility index (Phi) is 4.57. The number of rotatable bonds is 4. The van der Waals surface area contributed by atoms with Gasteiger partial charge >= 0.3 is 5.97 Å². The lowest BCUT2D eigenvalue weighted by Gasteiger charge is -2.33. The van der Waals surface area contributed by atoms with Crippen LogP contribution in [0.15, 0.2) is 30.3 Å². The van der Waals surface area contributed by atoms with Crippen molar-refractivity contribution in [1.29, 1.82) is 0 Å². The van der Waals surface area contributed by atoms with Crippen molar-refractivity contribution in [3.05, 3.63) is 41.7 Å². The summed E-state index contributed by atoms with van der Waals surface area (Å²) in [5.74, 6) is -0.0712. The zero-order valence-corrected chi connectivity index (χ0v) is 14.0. The fraction of sp³-hybridized carbons (Fsp3) is 0.375. The largest absolute Gasteiger partial charge is 0.480 e. The van der Waals surface area contributed by atoms with Gasteiger partial charge in [-0.15, -0.1) is 5.10 Å². The van der Waals surface area contributed by atoms with Crippen LogP contribution in [0.1, 0.15) is 29.0 Å². The highest BCUT2D eigenvalue weighted by atomic mass is 32.2. The van der Waals surface area contributed by atoms with E-state index in [0.717, 1.165) is 5.69 Å². The van der Waals surface area contributed by atoms with Crippen molar-refractivity contribution < 1.29 is 14.7 Å². The molecule has 24 heavy (non-hydrogen) atoms. The van der Waals surface area contributed by atoms with Gasteiger partial charge in [0.15, 0.2) is 5.69 Å². The van der Waals surface area contributed by atoms with E-state index in [1.807, 2.05) is 30.3 Å². The molecule has 1 saturated heterocycles. The molecule has 2 N–H and O–H groups in total. The van der Waals surface area contributed by atoms with Crippen LogP contribution in [0.5, 0.6) is 0 Å². The highest BCUT2D eigenvalue weighted by Crippen LogP contribution is 2.28. The Morgan fingerprint density at radius 3 is 2.54 bits per heavy atom. The lowest BCUT2D eigenvalue weighted by Crippen LogP contribution is -2.56. The van der Waals surface area contributed by atoms with Gasteiger partial charge in [0, 0.05) is 0 Å². The minimum absolute atomic E-state index is 0.151. The van der Waals surface area contributed by atoms with Gasteiger partial charge in [0.05, 0.1) is 11.4 Å². The van der Waals surface area contributed by atoms with Crippen molar-refractivity contribution >= 4 is 23.6 Å². The van der Waals surface area contributed by atoms with E-state index < -0.39 is 17.4 Å². The van der Waals surface area contributed by atoms with Gasteiger partial charge in [0.2, 0.25) is 0 Å². The quantitative estimate of drug-likeness (QED) is 0.874. The zero-order valence-electron chi connectivity index (χ0n) is 13.2. The van der Waals surface area contributed by atoms with Gasteiger partial charge in [-0.05, 0) is 43.4 Å². The first-order valence-electron chi connectivity index (χ1n) is 7.65. The molecule has 1 aromatic heterocycles. The van der Waals surface area contributed by atoms with Gasteiger partial charge in [-0.2, -0.15) is 11.8 Å². The summed E-state index contributed by atoms with van der Waals surface area (Å²) in [4.78, 5) is 24.3. The minimum atomic E-state index is -1.22. The average molecular weight is 346 g/mol. The Morgan fingerprint density at radius 2 is 1.92 bits per heavy atom. The Labute approximate surface area is 143 Å². The highest BCUT2D eigenvalue weighted by Gasteiger charge is 2.42. The second-order valence-corrected chi connectivity index (χ2v) is 6.95. The van der Waals surface area contributed by atoms with E-state index in [1.165, 1.54) is 0 Å². The molecule has 1 aliphatic rings. The summed E-state index contributed by atoms with van der Waals surface area (Å²) in [5, 5.41) is 20.2. The molecule has 1 amide bonds. The molecular formula is C16H18N4O3S. The maximum atomic E-state index is 12.6. The summed E-state index contributed by atoms with van der Waals surface area (Å²) in [6, 6.07) is 9.35. The number of hydrogen-bond acceptors (Lipinski definition) is 5. The lowest BCUT2D eigenvalue weighted by molar-refractivity contribution is -0.144. The van der Waals surface area contributed by atoms with Gasteiger partial charge in [-0.25, -0.2) is 9.48 Å². The molecular weight excluding hydrogens is 328 g/mol. The first-order chi connectivity index (χ1) is 11.5. The number of carboxylic acids is 1. The monoisotopic (exact) mass is 346 g/mol. The number of benzene rings is 1. The predicted octanol–water partition coefficient (Wildman–Crippen LogP) is 1.66. The molecule has 126 valence electrons. The molecule has 0 spiro atoms. The number of nitrogens with zero attached hydrogens (tertiary/aromatic N) is 3. The number of aliphatic carboxylic acids is 1. The first kappa shape index (κ1) is 16.5. The summed E-state index contributed by atoms with van der Waals surface area (Å²) in [6.45, 7) is 1.74. The van der Waals surface area contributed by atoms with Gasteiger partial charge < -0.3 is 10.4 Å². The van der Waals surface area contributed by atoms with Crippen LogP contribution in [0.25, 0.3) is 5.69 Å². The summed E-state index contributed by atoms with van der Waals surface area (Å²) >= 11 is 1.70. The molecule has 3 rings (SSSR count). The number of amides is 1. The minimum Gasteiger partial charge on any atom is -0.480 e. The van der Waals surface area contributed by atoms with Gasteiger partial charge in [-0.1, -0.05) is 23.4 Å². The van der Waals surface area contributed by atoms with Crippen LogP contribution in [-0.4, -0.2) is 49.0 Å². The number of hydrogen-bond donors (Lipinski definition) is 2. The molecule has 1 aliphatic heterocycles. The van der Waals surface area contributed by atoms with Gasteiger partial charge in [0.25, 0.3) is 5.91 Å². The van der Waals surface area contributed by atoms with Crippen LogP contribution in [0, 0.1) is 6.92 Å². The topological polar surface area (TPSA) is 97.1 Å². The van der Waals surface area contributed by atoms with Crippen LogP contribution in [0.4, 0.5) is 0 Å². The van der Waals surface area contributed by atoms with Crippen molar-refractivity contribution in [2.24, 2.45) is 0 Å². The maximum absolute atomic E-state index is 12.6. The van der Waals surface area contributed by atoms with Crippen LogP contribution < -0.4 is 5.32 Å². The normalized spacial score (nSPS) is 16.5. The van der Waals surface area contributed by atoms with Crippen molar-refractivity contribution in [2.45, 2.75) is 25.3 Å². The van der Waals surface area contributed by atoms with E-state index in [4.69, 9.17) is 0 Å². The molecule has 1 aromatic carbocycles. The summed E-state index contributed by atoms with van der Waals surface area (Å²) in [5.41, 5.74) is 0.302. The average Bonchev–Trinajstić information content (AvgIpc) is 2.98. The molecule has 0 radical (unpaired) electrons. The fourth-order valence-corrected chi connectivity index (χ4v) is 3.93. The van der Waals surface area contributed by atoms with E-state index >= 15 is 0 Å². The SMILES string of the molecule is Cc1c(C(=O)NC2(C(=O)O)CCSCC2)nnn1-c1ccccc1. The van der Waals surface area contributed by atoms with E-state index in [1.54, 1.807) is 23.4 Å². The highest BCUT2D eigenvalue weighted by molar-refractivity contribution is 7.99. The summed E-state index contributed by atoms with van der Waals surface area (Å²) in [6.07, 6.45) is 0.815. The first-order valence-corrected chi connectivity index (χ1v) is 8.80. The van der Waals surface area contributed by atoms with Crippen LogP contribution in [-0.2, 0) is 4.79 Å². The molecule has 0 bridgehead atoms. The molecule has 2 heterocycles. The van der Waals surface area contributed by atoms with Crippen molar-refractivity contribution in [3.8, 4) is 5.69 Å². The maximum Gasteiger partial charge on any atom is 0.329 e. The fourth-order valence-electron chi connectivity index (χ4n) is 2.74. The van der Waals surface area contributed by atoms with E-state index in [2.05, 4.69) is 15.6 Å². The molecule has 0 atom stereocenters. The molecule has 0 saturated carbocycles. The third-order valence-electron chi connectivity index (χ3n) is 4.22. The van der Waals surface area contributed by atoms with Gasteiger partial charge in [0.1, 0.15) is 5.54 Å². The third kappa shape index (κ3) is 3.01. The summed E-state index contributed by atoms with van der Waals surface area (Å²) < 4.78 is 1.57. The van der Waals surface area contributed by atoms with Crippen molar-refractivity contribution in [2.75, 3.05) is 11.5 Å². The molecule has 1 fully saturated rings. The Morgan fingerprint density at radius 1 is 1.25 bits per heavy atom. The lowest BCUT2D eigenvalue weighted by atomic mass is 9.92. The summed E-state index contributed by atoms with van der Waals surface area (Å²) in [7, 11) is 0. The van der Waals surface area contributed by atoms with Crippen LogP contribution in [0.2, 0.25) is 0 Å². The smallest absolute Gasteiger partial charge is 0.329 e. The molecule has 0 unspecified atom stereocenters. The molecule has 0 aliphatic carbocycles. The van der Waals surface area contributed by atoms with Crippen LogP contribution >= 0.6 is 11.8 Å². The third-order valence-corrected chi connectivity index (χ3v) is 5.20. The number of carbonyl (C=O) groups is 2. The molecule has 7 nitrogen and oxygen atoms in total. The van der Waals surface area contributed by atoms with E-state index in [-0.39, 0.29) is 5.69 Å². The second kappa shape index (κ2) is 6.64. The Bertz CT molecular complexity index is 754. The van der Waals surface area contributed by atoms with Gasteiger partial charge in [-0.3, -0.25) is 4.79 Å². The number of aromatic nitrogens is 3. The number of nitrogens with one attached hydrogen (secondary N) is 1. The Hall–Kier alpha value is -2.35. The molecule has 8 heteroatoms.